The molecule has 1 aliphatic heterocycles. The summed E-state index contributed by atoms with van der Waals surface area (Å²) in [6.07, 6.45) is 9.12. The number of ether oxygens (including phenoxy) is 2. The fraction of sp³-hybridized carbons (Fsp3) is 0.722. The maximum absolute atomic E-state index is 13.1. The third kappa shape index (κ3) is 12.3. The first kappa shape index (κ1) is 39.6. The van der Waals surface area contributed by atoms with Gasteiger partial charge in [0.15, 0.2) is 0 Å². The van der Waals surface area contributed by atoms with E-state index in [9.17, 15) is 24.0 Å². The number of nitrogens with one attached hydrogen (secondary N) is 4. The fourth-order valence-electron chi connectivity index (χ4n) is 6.53. The van der Waals surface area contributed by atoms with Crippen molar-refractivity contribution in [2.75, 3.05) is 38.0 Å². The molecule has 0 bridgehead atoms. The Morgan fingerprint density at radius 3 is 1.98 bits per heavy atom. The van der Waals surface area contributed by atoms with Gasteiger partial charge in [-0.15, -0.1) is 0 Å². The normalized spacial score (nSPS) is 21.6. The van der Waals surface area contributed by atoms with Crippen molar-refractivity contribution >= 4 is 35.6 Å². The van der Waals surface area contributed by atoms with Crippen molar-refractivity contribution in [2.24, 2.45) is 5.92 Å². The third-order valence-electron chi connectivity index (χ3n) is 9.19. The number of amides is 5. The Bertz CT molecular complexity index is 1490. The minimum absolute atomic E-state index is 0.146. The van der Waals surface area contributed by atoms with Gasteiger partial charge in [-0.1, -0.05) is 6.08 Å². The quantitative estimate of drug-likeness (QED) is 0.306. The number of allylic oxidation sites excluding steroid dienone is 2. The molecule has 1 saturated heterocycles. The van der Waals surface area contributed by atoms with Gasteiger partial charge in [-0.3, -0.25) is 14.7 Å². The number of nitrogens with zero attached hydrogens (tertiary/aromatic N) is 4. The molecule has 2 heterocycles. The number of alkyl carbamates (subject to hydrolysis) is 2. The first-order valence-corrected chi connectivity index (χ1v) is 18.2. The second-order valence-electron chi connectivity index (χ2n) is 16.4. The average Bonchev–Trinajstić information content (AvgIpc) is 3.02. The van der Waals surface area contributed by atoms with E-state index in [0.717, 1.165) is 57.2 Å². The molecule has 3 aliphatic rings. The van der Waals surface area contributed by atoms with E-state index in [1.54, 1.807) is 56.7 Å². The van der Waals surface area contributed by atoms with Crippen LogP contribution in [0.25, 0.3) is 5.70 Å². The van der Waals surface area contributed by atoms with Crippen LogP contribution < -0.4 is 27.0 Å². The Kier molecular flexibility index (Phi) is 12.8. The number of carbonyl (C=O) groups excluding carboxylic acids is 4. The Hall–Kier alpha value is -4.14. The largest absolute Gasteiger partial charge is 0.444 e. The third-order valence-corrected chi connectivity index (χ3v) is 9.19. The van der Waals surface area contributed by atoms with E-state index >= 15 is 0 Å². The zero-order valence-electron chi connectivity index (χ0n) is 31.6. The molecule has 1 unspecified atom stereocenters. The van der Waals surface area contributed by atoms with Gasteiger partial charge in [0.2, 0.25) is 5.91 Å². The molecule has 2 aliphatic carbocycles. The molecular weight excluding hydrogens is 656 g/mol. The number of aromatic nitrogens is 2. The van der Waals surface area contributed by atoms with Crippen LogP contribution in [0.1, 0.15) is 100 Å². The fourth-order valence-corrected chi connectivity index (χ4v) is 6.53. The summed E-state index contributed by atoms with van der Waals surface area (Å²) in [5, 5.41) is 12.1. The Morgan fingerprint density at radius 2 is 1.41 bits per heavy atom. The van der Waals surface area contributed by atoms with Crippen LogP contribution in [0.2, 0.25) is 0 Å². The highest BCUT2D eigenvalue weighted by molar-refractivity contribution is 5.90. The number of urea groups is 1. The zero-order chi connectivity index (χ0) is 37.6. The summed E-state index contributed by atoms with van der Waals surface area (Å²) in [5.74, 6) is 0.361. The van der Waals surface area contributed by atoms with Gasteiger partial charge in [-0.2, -0.15) is 4.98 Å². The minimum atomic E-state index is -1.18. The van der Waals surface area contributed by atoms with Gasteiger partial charge < -0.3 is 35.2 Å². The van der Waals surface area contributed by atoms with Gasteiger partial charge in [0, 0.05) is 50.2 Å². The van der Waals surface area contributed by atoms with Crippen molar-refractivity contribution in [1.82, 2.24) is 35.3 Å². The van der Waals surface area contributed by atoms with E-state index in [-0.39, 0.29) is 36.9 Å². The second kappa shape index (κ2) is 16.5. The lowest BCUT2D eigenvalue weighted by molar-refractivity contribution is -0.138. The molecule has 15 nitrogen and oxygen atoms in total. The van der Waals surface area contributed by atoms with Crippen molar-refractivity contribution in [3.63, 3.8) is 0 Å². The topological polar surface area (TPSA) is 176 Å². The minimum Gasteiger partial charge on any atom is -0.444 e. The molecule has 4 rings (SSSR count). The van der Waals surface area contributed by atoms with Crippen molar-refractivity contribution in [3.8, 4) is 0 Å². The predicted octanol–water partition coefficient (Wildman–Crippen LogP) is 4.29. The van der Waals surface area contributed by atoms with Crippen molar-refractivity contribution in [3.05, 3.63) is 28.8 Å². The van der Waals surface area contributed by atoms with Gasteiger partial charge in [-0.05, 0) is 119 Å². The van der Waals surface area contributed by atoms with Gasteiger partial charge in [0.1, 0.15) is 22.6 Å². The lowest BCUT2D eigenvalue weighted by Crippen LogP contribution is -2.60. The standard InChI is InChI=1S/C36H58N8O7/c1-34(2,3)50-32(48)38-26-13-11-25(12-14-26)37-23-24-9-15-27(16-10-24)44-18-17-28(40-31(44)47)39-30(46)43-21-19-42(20-22-43)29(45)36(7,8)41-33(49)51-35(4,5)6/h15,17-18,24-26,37H,9-14,16,19-23H2,1-8H3,(H,38,48)(H,41,49)(H,39,40,46,47)/t24?,25-,26-. The predicted molar refractivity (Wildman–Crippen MR) is 194 cm³/mol. The highest BCUT2D eigenvalue weighted by Gasteiger charge is 2.37. The van der Waals surface area contributed by atoms with Crippen LogP contribution in [-0.2, 0) is 14.3 Å². The van der Waals surface area contributed by atoms with E-state index in [4.69, 9.17) is 9.47 Å². The number of hydrogen-bond acceptors (Lipinski definition) is 9. The van der Waals surface area contributed by atoms with Crippen LogP contribution in [0.3, 0.4) is 0 Å². The molecule has 1 atom stereocenters. The second-order valence-corrected chi connectivity index (χ2v) is 16.4. The van der Waals surface area contributed by atoms with Crippen molar-refractivity contribution in [2.45, 2.75) is 129 Å². The number of rotatable bonds is 8. The lowest BCUT2D eigenvalue weighted by atomic mass is 9.89. The van der Waals surface area contributed by atoms with Gasteiger partial charge in [0.25, 0.3) is 0 Å². The van der Waals surface area contributed by atoms with Crippen LogP contribution in [-0.4, -0.2) is 105 Å². The maximum Gasteiger partial charge on any atom is 0.408 e. The molecule has 0 radical (unpaired) electrons. The summed E-state index contributed by atoms with van der Waals surface area (Å²) >= 11 is 0. The molecule has 284 valence electrons. The number of carbonyl (C=O) groups is 4. The zero-order valence-corrected chi connectivity index (χ0v) is 31.6. The van der Waals surface area contributed by atoms with E-state index in [0.29, 0.717) is 25.0 Å². The molecule has 2 fully saturated rings. The molecule has 0 spiro atoms. The van der Waals surface area contributed by atoms with Crippen molar-refractivity contribution in [1.29, 1.82) is 0 Å². The molecule has 5 amide bonds. The number of anilines is 1. The SMILES string of the molecule is CC(C)(C)OC(=O)NC(C)(C)C(=O)N1CCN(C(=O)Nc2ccn(C3=CCC(CN[C@H]4CC[C@H](NC(=O)OC(C)(C)C)CC4)CC3)c(=O)n2)CC1. The van der Waals surface area contributed by atoms with Gasteiger partial charge in [0.05, 0.1) is 0 Å². The highest BCUT2D eigenvalue weighted by atomic mass is 16.6. The summed E-state index contributed by atoms with van der Waals surface area (Å²) in [4.78, 5) is 70.7. The maximum atomic E-state index is 13.1. The number of piperazine rings is 1. The van der Waals surface area contributed by atoms with Gasteiger partial charge in [-0.25, -0.2) is 19.2 Å². The first-order chi connectivity index (χ1) is 23.8. The molecule has 15 heteroatoms. The Labute approximate surface area is 301 Å². The van der Waals surface area contributed by atoms with Gasteiger partial charge >= 0.3 is 23.9 Å². The summed E-state index contributed by atoms with van der Waals surface area (Å²) in [6.45, 7) is 16.1. The molecule has 4 N–H and O–H groups in total. The van der Waals surface area contributed by atoms with E-state index in [1.165, 1.54) is 4.57 Å². The van der Waals surface area contributed by atoms with E-state index in [1.807, 2.05) is 20.8 Å². The number of hydrogen-bond donors (Lipinski definition) is 4. The van der Waals surface area contributed by atoms with Crippen LogP contribution in [0.15, 0.2) is 23.1 Å². The summed E-state index contributed by atoms with van der Waals surface area (Å²) in [7, 11) is 0. The average molecular weight is 715 g/mol. The first-order valence-electron chi connectivity index (χ1n) is 18.2. The molecular formula is C36H58N8O7. The van der Waals surface area contributed by atoms with Crippen LogP contribution in [0.5, 0.6) is 0 Å². The molecule has 51 heavy (non-hydrogen) atoms. The monoisotopic (exact) mass is 714 g/mol. The summed E-state index contributed by atoms with van der Waals surface area (Å²) < 4.78 is 12.2. The summed E-state index contributed by atoms with van der Waals surface area (Å²) in [5.41, 5.74) is -1.93. The molecule has 0 aromatic carbocycles. The van der Waals surface area contributed by atoms with E-state index < -0.39 is 34.6 Å². The highest BCUT2D eigenvalue weighted by Crippen LogP contribution is 2.27. The van der Waals surface area contributed by atoms with Crippen LogP contribution in [0.4, 0.5) is 20.2 Å². The van der Waals surface area contributed by atoms with Crippen LogP contribution in [0, 0.1) is 5.92 Å². The van der Waals surface area contributed by atoms with Crippen molar-refractivity contribution < 1.29 is 28.7 Å². The molecule has 1 saturated carbocycles. The smallest absolute Gasteiger partial charge is 0.408 e. The van der Waals surface area contributed by atoms with Crippen LogP contribution >= 0.6 is 0 Å². The van der Waals surface area contributed by atoms with E-state index in [2.05, 4.69) is 32.3 Å². The summed E-state index contributed by atoms with van der Waals surface area (Å²) in [6, 6.07) is 1.78. The lowest BCUT2D eigenvalue weighted by Gasteiger charge is -2.38. The Morgan fingerprint density at radius 1 is 0.824 bits per heavy atom. The molecule has 1 aromatic heterocycles. The molecule has 1 aromatic rings. The Balaban J connectivity index is 1.18.